The van der Waals surface area contributed by atoms with E-state index in [1.165, 1.54) is 6.92 Å². The number of Topliss-reactive ketones (excluding diaryl/α,β-unsaturated/α-hetero) is 1. The van der Waals surface area contributed by atoms with E-state index in [1.807, 2.05) is 41.8 Å². The normalized spacial score (nSPS) is 20.0. The van der Waals surface area contributed by atoms with Crippen molar-refractivity contribution < 1.29 is 23.9 Å². The number of esters is 1. The molecule has 0 aliphatic heterocycles. The molecule has 7 nitrogen and oxygen atoms in total. The molecule has 3 N–H and O–H groups in total. The number of nitrogens with two attached hydrogens (primary N) is 1. The minimum atomic E-state index is -0.928. The van der Waals surface area contributed by atoms with Gasteiger partial charge in [-0.25, -0.2) is 5.84 Å². The van der Waals surface area contributed by atoms with Gasteiger partial charge in [0.1, 0.15) is 5.75 Å². The maximum Gasteiger partial charge on any atom is 0.309 e. The van der Waals surface area contributed by atoms with Crippen LogP contribution in [0.2, 0.25) is 0 Å². The van der Waals surface area contributed by atoms with Crippen LogP contribution in [0.4, 0.5) is 0 Å². The number of fused-ring (bicyclic) bond motifs is 1. The molecule has 1 unspecified atom stereocenters. The lowest BCUT2D eigenvalue weighted by atomic mass is 9.78. The van der Waals surface area contributed by atoms with Crippen LogP contribution in [0.15, 0.2) is 36.4 Å². The van der Waals surface area contributed by atoms with Crippen LogP contribution in [0.25, 0.3) is 10.8 Å². The van der Waals surface area contributed by atoms with Crippen molar-refractivity contribution in [1.29, 1.82) is 0 Å². The number of benzene rings is 2. The van der Waals surface area contributed by atoms with Gasteiger partial charge in [0.15, 0.2) is 11.9 Å². The van der Waals surface area contributed by atoms with Gasteiger partial charge in [0.2, 0.25) is 0 Å². The highest BCUT2D eigenvalue weighted by Crippen LogP contribution is 2.33. The Kier molecular flexibility index (Phi) is 6.49. The molecule has 1 fully saturated rings. The summed E-state index contributed by atoms with van der Waals surface area (Å²) in [5.74, 6) is 4.57. The maximum absolute atomic E-state index is 12.9. The van der Waals surface area contributed by atoms with Gasteiger partial charge < -0.3 is 9.47 Å². The van der Waals surface area contributed by atoms with E-state index in [-0.39, 0.29) is 17.6 Å². The molecule has 29 heavy (non-hydrogen) atoms. The van der Waals surface area contributed by atoms with Gasteiger partial charge in [0.25, 0.3) is 5.91 Å². The topological polar surface area (TPSA) is 108 Å². The highest BCUT2D eigenvalue weighted by atomic mass is 16.5. The molecule has 7 heteroatoms. The van der Waals surface area contributed by atoms with E-state index in [4.69, 9.17) is 15.3 Å². The average Bonchev–Trinajstić information content (AvgIpc) is 2.77. The molecule has 2 aromatic carbocycles. The largest absolute Gasteiger partial charge is 0.497 e. The number of ether oxygens (including phenoxy) is 2. The van der Waals surface area contributed by atoms with Crippen molar-refractivity contribution in [3.05, 3.63) is 42.0 Å². The van der Waals surface area contributed by atoms with Gasteiger partial charge in [-0.3, -0.25) is 19.8 Å². The van der Waals surface area contributed by atoms with E-state index in [0.717, 1.165) is 16.5 Å². The fraction of sp³-hybridized carbons (Fsp3) is 0.409. The van der Waals surface area contributed by atoms with Crippen molar-refractivity contribution in [2.45, 2.75) is 38.7 Å². The predicted octanol–water partition coefficient (Wildman–Crippen LogP) is 2.76. The molecule has 0 aromatic heterocycles. The number of amides is 1. The summed E-state index contributed by atoms with van der Waals surface area (Å²) in [6, 6.07) is 11.4. The average molecular weight is 398 g/mol. The van der Waals surface area contributed by atoms with Crippen LogP contribution in [0.1, 0.15) is 43.0 Å². The molecule has 1 aliphatic rings. The predicted molar refractivity (Wildman–Crippen MR) is 108 cm³/mol. The first-order chi connectivity index (χ1) is 13.9. The second-order valence-electron chi connectivity index (χ2n) is 7.43. The molecule has 1 amide bonds. The van der Waals surface area contributed by atoms with E-state index < -0.39 is 18.0 Å². The first-order valence-corrected chi connectivity index (χ1v) is 9.76. The number of hydrazine groups is 1. The Morgan fingerprint density at radius 3 is 2.28 bits per heavy atom. The number of methoxy groups -OCH3 is 1. The zero-order chi connectivity index (χ0) is 21.0. The zero-order valence-corrected chi connectivity index (χ0v) is 16.6. The second-order valence-corrected chi connectivity index (χ2v) is 7.43. The van der Waals surface area contributed by atoms with Crippen molar-refractivity contribution in [2.75, 3.05) is 7.11 Å². The smallest absolute Gasteiger partial charge is 0.309 e. The molecular weight excluding hydrogens is 372 g/mol. The first kappa shape index (κ1) is 20.8. The summed E-state index contributed by atoms with van der Waals surface area (Å²) in [5.41, 5.74) is 2.65. The van der Waals surface area contributed by atoms with Gasteiger partial charge in [-0.05, 0) is 61.6 Å². The van der Waals surface area contributed by atoms with Gasteiger partial charge in [-0.1, -0.05) is 18.2 Å². The fourth-order valence-corrected chi connectivity index (χ4v) is 3.77. The van der Waals surface area contributed by atoms with Gasteiger partial charge in [-0.15, -0.1) is 0 Å². The van der Waals surface area contributed by atoms with Crippen molar-refractivity contribution in [3.63, 3.8) is 0 Å². The molecule has 1 saturated carbocycles. The molecule has 1 aliphatic carbocycles. The van der Waals surface area contributed by atoms with Crippen LogP contribution in [0.3, 0.4) is 0 Å². The minimum Gasteiger partial charge on any atom is -0.497 e. The number of hydrogen-bond acceptors (Lipinski definition) is 6. The monoisotopic (exact) mass is 398 g/mol. The van der Waals surface area contributed by atoms with Crippen molar-refractivity contribution in [2.24, 2.45) is 17.7 Å². The standard InChI is InChI=1S/C22H26N2O5/c1-13(21(26)24-23)29-22(27)15-5-3-14(4-6-15)20(25)18-8-7-17-12-19(28-2)10-9-16(17)11-18/h7-15H,3-6,23H2,1-2H3,(H,24,26). The Morgan fingerprint density at radius 1 is 1.00 bits per heavy atom. The number of carbonyl (C=O) groups is 3. The highest BCUT2D eigenvalue weighted by Gasteiger charge is 2.32. The van der Waals surface area contributed by atoms with Crippen LogP contribution in [0.5, 0.6) is 5.75 Å². The molecule has 0 radical (unpaired) electrons. The first-order valence-electron chi connectivity index (χ1n) is 9.76. The minimum absolute atomic E-state index is 0.102. The van der Waals surface area contributed by atoms with E-state index in [0.29, 0.717) is 31.2 Å². The van der Waals surface area contributed by atoms with Crippen LogP contribution in [0, 0.1) is 11.8 Å². The van der Waals surface area contributed by atoms with Crippen LogP contribution in [-0.2, 0) is 14.3 Å². The summed E-state index contributed by atoms with van der Waals surface area (Å²) in [6.45, 7) is 1.48. The summed E-state index contributed by atoms with van der Waals surface area (Å²) in [5, 5.41) is 2.00. The Labute approximate surface area is 169 Å². The number of hydrogen-bond donors (Lipinski definition) is 2. The van der Waals surface area contributed by atoms with E-state index in [1.54, 1.807) is 7.11 Å². The van der Waals surface area contributed by atoms with Crippen LogP contribution >= 0.6 is 0 Å². The molecular formula is C22H26N2O5. The summed E-state index contributed by atoms with van der Waals surface area (Å²) in [6.07, 6.45) is 1.45. The Balaban J connectivity index is 1.60. The third-order valence-corrected chi connectivity index (χ3v) is 5.57. The van der Waals surface area contributed by atoms with Gasteiger partial charge in [0.05, 0.1) is 13.0 Å². The lowest BCUT2D eigenvalue weighted by Gasteiger charge is -2.27. The molecule has 0 spiro atoms. The zero-order valence-electron chi connectivity index (χ0n) is 16.6. The molecule has 154 valence electrons. The lowest BCUT2D eigenvalue weighted by Crippen LogP contribution is -2.41. The second kappa shape index (κ2) is 9.05. The molecule has 2 aromatic rings. The van der Waals surface area contributed by atoms with Crippen molar-refractivity contribution >= 4 is 28.4 Å². The van der Waals surface area contributed by atoms with Gasteiger partial charge in [0, 0.05) is 11.5 Å². The summed E-state index contributed by atoms with van der Waals surface area (Å²) < 4.78 is 10.4. The Hall–Kier alpha value is -2.93. The van der Waals surface area contributed by atoms with Gasteiger partial charge >= 0.3 is 5.97 Å². The van der Waals surface area contributed by atoms with E-state index in [2.05, 4.69) is 0 Å². The molecule has 3 rings (SSSR count). The summed E-state index contributed by atoms with van der Waals surface area (Å²) >= 11 is 0. The number of rotatable bonds is 6. The lowest BCUT2D eigenvalue weighted by molar-refractivity contribution is -0.159. The number of nitrogens with one attached hydrogen (secondary N) is 1. The summed E-state index contributed by atoms with van der Waals surface area (Å²) in [7, 11) is 1.62. The van der Waals surface area contributed by atoms with Gasteiger partial charge in [-0.2, -0.15) is 0 Å². The van der Waals surface area contributed by atoms with Crippen molar-refractivity contribution in [1.82, 2.24) is 5.43 Å². The SMILES string of the molecule is COc1ccc2cc(C(=O)C3CCC(C(=O)OC(C)C(=O)NN)CC3)ccc2c1. The molecule has 0 saturated heterocycles. The third kappa shape index (κ3) is 4.74. The fourth-order valence-electron chi connectivity index (χ4n) is 3.77. The quantitative estimate of drug-likeness (QED) is 0.255. The maximum atomic E-state index is 12.9. The van der Waals surface area contributed by atoms with E-state index in [9.17, 15) is 14.4 Å². The van der Waals surface area contributed by atoms with Crippen LogP contribution in [-0.4, -0.2) is 30.9 Å². The highest BCUT2D eigenvalue weighted by molar-refractivity contribution is 6.01. The Morgan fingerprint density at radius 2 is 1.62 bits per heavy atom. The van der Waals surface area contributed by atoms with E-state index >= 15 is 0 Å². The third-order valence-electron chi connectivity index (χ3n) is 5.57. The molecule has 0 heterocycles. The van der Waals surface area contributed by atoms with Crippen LogP contribution < -0.4 is 16.0 Å². The Bertz CT molecular complexity index is 919. The molecule has 0 bridgehead atoms. The molecule has 1 atom stereocenters. The van der Waals surface area contributed by atoms with Crippen molar-refractivity contribution in [3.8, 4) is 5.75 Å². The number of carbonyl (C=O) groups excluding carboxylic acids is 3. The summed E-state index contributed by atoms with van der Waals surface area (Å²) in [4.78, 5) is 36.6. The number of ketones is 1.